The lowest BCUT2D eigenvalue weighted by atomic mass is 9.90. The van der Waals surface area contributed by atoms with Crippen LogP contribution in [0.1, 0.15) is 29.6 Å². The maximum Gasteiger partial charge on any atom is 0.163 e. The van der Waals surface area contributed by atoms with E-state index in [0.717, 1.165) is 37.2 Å². The second kappa shape index (κ2) is 6.01. The monoisotopic (exact) mass is 246 g/mol. The fourth-order valence-corrected chi connectivity index (χ4v) is 2.41. The molecule has 1 aromatic carbocycles. The highest BCUT2D eigenvalue weighted by molar-refractivity contribution is 5.96. The molecule has 0 saturated carbocycles. The smallest absolute Gasteiger partial charge is 0.163 e. The van der Waals surface area contributed by atoms with Gasteiger partial charge in [-0.3, -0.25) is 4.79 Å². The van der Waals surface area contributed by atoms with Gasteiger partial charge in [-0.2, -0.15) is 0 Å². The van der Waals surface area contributed by atoms with E-state index in [1.54, 1.807) is 0 Å². The van der Waals surface area contributed by atoms with Gasteiger partial charge in [-0.25, -0.2) is 0 Å². The van der Waals surface area contributed by atoms with Gasteiger partial charge in [-0.15, -0.1) is 0 Å². The number of hydrogen-bond acceptors (Lipinski definition) is 3. The van der Waals surface area contributed by atoms with E-state index in [9.17, 15) is 4.79 Å². The van der Waals surface area contributed by atoms with E-state index in [0.29, 0.717) is 12.3 Å². The first kappa shape index (κ1) is 13.1. The van der Waals surface area contributed by atoms with Crippen LogP contribution in [0.4, 0.5) is 5.69 Å². The molecule has 1 heterocycles. The summed E-state index contributed by atoms with van der Waals surface area (Å²) in [5.74, 6) is 0.847. The predicted octanol–water partition coefficient (Wildman–Crippen LogP) is 2.33. The Morgan fingerprint density at radius 2 is 1.83 bits per heavy atom. The minimum atomic E-state index is 0.284. The molecule has 2 rings (SSSR count). The summed E-state index contributed by atoms with van der Waals surface area (Å²) in [5.41, 5.74) is 1.98. The lowest BCUT2D eigenvalue weighted by Gasteiger charge is -2.21. The van der Waals surface area contributed by atoms with E-state index in [2.05, 4.69) is 5.32 Å². The highest BCUT2D eigenvalue weighted by Gasteiger charge is 2.17. The number of ketones is 1. The van der Waals surface area contributed by atoms with Gasteiger partial charge in [-0.1, -0.05) is 0 Å². The second-order valence-electron chi connectivity index (χ2n) is 5.26. The van der Waals surface area contributed by atoms with E-state index < -0.39 is 0 Å². The molecule has 18 heavy (non-hydrogen) atoms. The fourth-order valence-electron chi connectivity index (χ4n) is 2.41. The third-order valence-electron chi connectivity index (χ3n) is 3.64. The number of nitrogens with one attached hydrogen (secondary N) is 1. The maximum absolute atomic E-state index is 12.2. The van der Waals surface area contributed by atoms with Crippen molar-refractivity contribution in [1.29, 1.82) is 0 Å². The Kier molecular flexibility index (Phi) is 4.37. The zero-order valence-corrected chi connectivity index (χ0v) is 11.3. The van der Waals surface area contributed by atoms with E-state index in [1.165, 1.54) is 0 Å². The van der Waals surface area contributed by atoms with Crippen LogP contribution in [-0.2, 0) is 0 Å². The van der Waals surface area contributed by atoms with Crippen LogP contribution in [0.2, 0.25) is 0 Å². The summed E-state index contributed by atoms with van der Waals surface area (Å²) in [7, 11) is 4.01. The summed E-state index contributed by atoms with van der Waals surface area (Å²) >= 11 is 0. The van der Waals surface area contributed by atoms with Crippen LogP contribution in [0.5, 0.6) is 0 Å². The Morgan fingerprint density at radius 3 is 2.39 bits per heavy atom. The van der Waals surface area contributed by atoms with Gasteiger partial charge in [0, 0.05) is 31.8 Å². The van der Waals surface area contributed by atoms with E-state index in [1.807, 2.05) is 43.3 Å². The number of rotatable bonds is 4. The predicted molar refractivity (Wildman–Crippen MR) is 75.3 cm³/mol. The van der Waals surface area contributed by atoms with E-state index >= 15 is 0 Å². The molecule has 0 spiro atoms. The molecule has 98 valence electrons. The van der Waals surface area contributed by atoms with Crippen LogP contribution < -0.4 is 10.2 Å². The van der Waals surface area contributed by atoms with Crippen molar-refractivity contribution in [3.63, 3.8) is 0 Å². The summed E-state index contributed by atoms with van der Waals surface area (Å²) in [5, 5.41) is 3.33. The SMILES string of the molecule is CN(C)c1ccc(C(=O)CC2CCNCC2)cc1. The molecule has 0 bridgehead atoms. The number of piperidine rings is 1. The van der Waals surface area contributed by atoms with Crippen molar-refractivity contribution in [3.05, 3.63) is 29.8 Å². The van der Waals surface area contributed by atoms with Crippen molar-refractivity contribution in [2.45, 2.75) is 19.3 Å². The largest absolute Gasteiger partial charge is 0.378 e. The number of Topliss-reactive ketones (excluding diaryl/α,β-unsaturated/α-hetero) is 1. The third kappa shape index (κ3) is 3.33. The topological polar surface area (TPSA) is 32.3 Å². The summed E-state index contributed by atoms with van der Waals surface area (Å²) in [6, 6.07) is 7.91. The molecule has 1 aliphatic rings. The van der Waals surface area contributed by atoms with E-state index in [4.69, 9.17) is 0 Å². The molecule has 1 saturated heterocycles. The molecule has 1 aromatic rings. The molecule has 1 aliphatic heterocycles. The van der Waals surface area contributed by atoms with Crippen molar-refractivity contribution in [2.75, 3.05) is 32.1 Å². The van der Waals surface area contributed by atoms with Crippen molar-refractivity contribution in [3.8, 4) is 0 Å². The van der Waals surface area contributed by atoms with Gasteiger partial charge in [0.25, 0.3) is 0 Å². The Balaban J connectivity index is 1.95. The standard InChI is InChI=1S/C15H22N2O/c1-17(2)14-5-3-13(4-6-14)15(18)11-12-7-9-16-10-8-12/h3-6,12,16H,7-11H2,1-2H3. The molecule has 0 radical (unpaired) electrons. The molecule has 0 atom stereocenters. The van der Waals surface area contributed by atoms with Crippen molar-refractivity contribution in [1.82, 2.24) is 5.32 Å². The van der Waals surface area contributed by atoms with Crippen LogP contribution >= 0.6 is 0 Å². The number of benzene rings is 1. The van der Waals surface area contributed by atoms with Crippen LogP contribution in [-0.4, -0.2) is 33.0 Å². The van der Waals surface area contributed by atoms with Crippen LogP contribution in [0, 0.1) is 5.92 Å². The Labute approximate surface area is 109 Å². The lowest BCUT2D eigenvalue weighted by Crippen LogP contribution is -2.28. The highest BCUT2D eigenvalue weighted by Crippen LogP contribution is 2.20. The molecule has 1 fully saturated rings. The van der Waals surface area contributed by atoms with Crippen LogP contribution in [0.15, 0.2) is 24.3 Å². The zero-order chi connectivity index (χ0) is 13.0. The van der Waals surface area contributed by atoms with Gasteiger partial charge in [0.2, 0.25) is 0 Å². The summed E-state index contributed by atoms with van der Waals surface area (Å²) < 4.78 is 0. The van der Waals surface area contributed by atoms with Gasteiger partial charge in [-0.05, 0) is 56.1 Å². The van der Waals surface area contributed by atoms with Gasteiger partial charge in [0.15, 0.2) is 5.78 Å². The molecule has 3 nitrogen and oxygen atoms in total. The van der Waals surface area contributed by atoms with Gasteiger partial charge in [0.05, 0.1) is 0 Å². The average Bonchev–Trinajstić information content (AvgIpc) is 2.40. The molecule has 0 aromatic heterocycles. The average molecular weight is 246 g/mol. The zero-order valence-electron chi connectivity index (χ0n) is 11.3. The molecule has 1 N–H and O–H groups in total. The number of hydrogen-bond donors (Lipinski definition) is 1. The molecular formula is C15H22N2O. The van der Waals surface area contributed by atoms with E-state index in [-0.39, 0.29) is 5.78 Å². The van der Waals surface area contributed by atoms with Crippen molar-refractivity contribution in [2.24, 2.45) is 5.92 Å². The Morgan fingerprint density at radius 1 is 1.22 bits per heavy atom. The van der Waals surface area contributed by atoms with Gasteiger partial charge < -0.3 is 10.2 Å². The number of carbonyl (C=O) groups excluding carboxylic acids is 1. The minimum absolute atomic E-state index is 0.284. The van der Waals surface area contributed by atoms with Crippen LogP contribution in [0.3, 0.4) is 0 Å². The maximum atomic E-state index is 12.2. The first-order valence-corrected chi connectivity index (χ1v) is 6.68. The first-order valence-electron chi connectivity index (χ1n) is 6.68. The summed E-state index contributed by atoms with van der Waals surface area (Å²) in [6.45, 7) is 2.11. The molecule has 0 unspecified atom stereocenters. The number of nitrogens with zero attached hydrogens (tertiary/aromatic N) is 1. The normalized spacial score (nSPS) is 16.6. The van der Waals surface area contributed by atoms with Gasteiger partial charge in [0.1, 0.15) is 0 Å². The summed E-state index contributed by atoms with van der Waals surface area (Å²) in [4.78, 5) is 14.2. The van der Waals surface area contributed by atoms with Crippen LogP contribution in [0.25, 0.3) is 0 Å². The summed E-state index contributed by atoms with van der Waals surface area (Å²) in [6.07, 6.45) is 2.95. The molecule has 0 amide bonds. The minimum Gasteiger partial charge on any atom is -0.378 e. The third-order valence-corrected chi connectivity index (χ3v) is 3.64. The van der Waals surface area contributed by atoms with Gasteiger partial charge >= 0.3 is 0 Å². The second-order valence-corrected chi connectivity index (χ2v) is 5.26. The highest BCUT2D eigenvalue weighted by atomic mass is 16.1. The van der Waals surface area contributed by atoms with Crippen molar-refractivity contribution < 1.29 is 4.79 Å². The Bertz CT molecular complexity index is 391. The molecule has 3 heteroatoms. The molecular weight excluding hydrogens is 224 g/mol. The number of carbonyl (C=O) groups is 1. The first-order chi connectivity index (χ1) is 8.66. The number of anilines is 1. The molecule has 0 aliphatic carbocycles. The Hall–Kier alpha value is -1.35. The lowest BCUT2D eigenvalue weighted by molar-refractivity contribution is 0.0952. The quantitative estimate of drug-likeness (QED) is 0.828. The van der Waals surface area contributed by atoms with Crippen molar-refractivity contribution >= 4 is 11.5 Å². The fraction of sp³-hybridized carbons (Fsp3) is 0.533.